The number of methoxy groups -OCH3 is 1. The first-order chi connectivity index (χ1) is 9.60. The molecule has 1 rings (SSSR count). The van der Waals surface area contributed by atoms with Gasteiger partial charge in [0.2, 0.25) is 11.9 Å². The summed E-state index contributed by atoms with van der Waals surface area (Å²) in [5, 5.41) is 6.33. The molecule has 0 radical (unpaired) electrons. The Morgan fingerprint density at radius 3 is 2.35 bits per heavy atom. The van der Waals surface area contributed by atoms with Crippen LogP contribution in [-0.4, -0.2) is 47.9 Å². The molecule has 1 heterocycles. The third kappa shape index (κ3) is 5.16. The van der Waals surface area contributed by atoms with Gasteiger partial charge in [-0.25, -0.2) is 0 Å². The molecule has 1 unspecified atom stereocenters. The van der Waals surface area contributed by atoms with Crippen LogP contribution in [0, 0.1) is 5.92 Å². The van der Waals surface area contributed by atoms with E-state index in [-0.39, 0.29) is 12.1 Å². The van der Waals surface area contributed by atoms with Crippen LogP contribution in [0.2, 0.25) is 0 Å². The minimum atomic E-state index is 0.136. The minimum Gasteiger partial charge on any atom is -0.467 e. The Morgan fingerprint density at radius 1 is 1.10 bits per heavy atom. The molecule has 0 spiro atoms. The van der Waals surface area contributed by atoms with Crippen LogP contribution in [0.25, 0.3) is 0 Å². The molecule has 0 saturated carbocycles. The van der Waals surface area contributed by atoms with Crippen molar-refractivity contribution in [1.29, 1.82) is 0 Å². The van der Waals surface area contributed by atoms with Crippen molar-refractivity contribution < 1.29 is 9.47 Å². The van der Waals surface area contributed by atoms with Crippen molar-refractivity contribution in [3.63, 3.8) is 0 Å². The number of ether oxygens (including phenoxy) is 2. The second kappa shape index (κ2) is 8.52. The molecular weight excluding hydrogens is 258 g/mol. The maximum Gasteiger partial charge on any atom is 0.322 e. The number of nitrogens with one attached hydrogen (secondary N) is 2. The van der Waals surface area contributed by atoms with Crippen molar-refractivity contribution >= 4 is 11.9 Å². The molecule has 0 saturated heterocycles. The molecule has 0 amide bonds. The fraction of sp³-hybridized carbons (Fsp3) is 0.769. The van der Waals surface area contributed by atoms with Gasteiger partial charge in [0.1, 0.15) is 0 Å². The van der Waals surface area contributed by atoms with Crippen LogP contribution in [-0.2, 0) is 4.74 Å². The van der Waals surface area contributed by atoms with E-state index in [1.54, 1.807) is 0 Å². The van der Waals surface area contributed by atoms with Gasteiger partial charge in [-0.05, 0) is 19.8 Å². The minimum absolute atomic E-state index is 0.136. The summed E-state index contributed by atoms with van der Waals surface area (Å²) in [5.41, 5.74) is 0. The molecule has 0 aromatic carbocycles. The summed E-state index contributed by atoms with van der Waals surface area (Å²) in [6.45, 7) is 10.2. The Morgan fingerprint density at radius 2 is 1.80 bits per heavy atom. The Kier molecular flexibility index (Phi) is 7.00. The van der Waals surface area contributed by atoms with Crippen LogP contribution in [0.3, 0.4) is 0 Å². The van der Waals surface area contributed by atoms with Gasteiger partial charge < -0.3 is 20.1 Å². The van der Waals surface area contributed by atoms with Gasteiger partial charge in [0, 0.05) is 13.2 Å². The average molecular weight is 283 g/mol. The quantitative estimate of drug-likeness (QED) is 0.715. The van der Waals surface area contributed by atoms with E-state index in [0.717, 1.165) is 6.54 Å². The molecular formula is C13H25N5O2. The molecule has 0 fully saturated rings. The molecule has 20 heavy (non-hydrogen) atoms. The highest BCUT2D eigenvalue weighted by Gasteiger charge is 2.16. The predicted molar refractivity (Wildman–Crippen MR) is 79.3 cm³/mol. The van der Waals surface area contributed by atoms with Crippen molar-refractivity contribution in [1.82, 2.24) is 15.0 Å². The van der Waals surface area contributed by atoms with Gasteiger partial charge in [0.05, 0.1) is 19.8 Å². The van der Waals surface area contributed by atoms with Crippen LogP contribution in [0.5, 0.6) is 6.01 Å². The number of hydrogen-bond donors (Lipinski definition) is 2. The lowest BCUT2D eigenvalue weighted by Crippen LogP contribution is -2.32. The highest BCUT2D eigenvalue weighted by molar-refractivity contribution is 5.36. The normalized spacial score (nSPS) is 12.3. The fourth-order valence-electron chi connectivity index (χ4n) is 1.56. The van der Waals surface area contributed by atoms with Gasteiger partial charge in [-0.3, -0.25) is 0 Å². The maximum absolute atomic E-state index is 5.48. The van der Waals surface area contributed by atoms with Crippen LogP contribution < -0.4 is 15.4 Å². The Balaban J connectivity index is 2.84. The van der Waals surface area contributed by atoms with E-state index in [1.165, 1.54) is 7.11 Å². The largest absolute Gasteiger partial charge is 0.467 e. The van der Waals surface area contributed by atoms with Crippen molar-refractivity contribution in [3.8, 4) is 6.01 Å². The summed E-state index contributed by atoms with van der Waals surface area (Å²) in [7, 11) is 1.54. The summed E-state index contributed by atoms with van der Waals surface area (Å²) < 4.78 is 10.6. The van der Waals surface area contributed by atoms with E-state index in [4.69, 9.17) is 9.47 Å². The van der Waals surface area contributed by atoms with Gasteiger partial charge in [-0.2, -0.15) is 15.0 Å². The monoisotopic (exact) mass is 283 g/mol. The van der Waals surface area contributed by atoms with Gasteiger partial charge in [0.15, 0.2) is 0 Å². The Bertz CT molecular complexity index is 400. The Labute approximate surface area is 120 Å². The van der Waals surface area contributed by atoms with Crippen molar-refractivity contribution in [2.45, 2.75) is 33.7 Å². The maximum atomic E-state index is 5.48. The lowest BCUT2D eigenvalue weighted by atomic mass is 10.1. The van der Waals surface area contributed by atoms with Crippen molar-refractivity contribution in [3.05, 3.63) is 0 Å². The molecule has 1 aromatic heterocycles. The fourth-order valence-corrected chi connectivity index (χ4v) is 1.56. The van der Waals surface area contributed by atoms with Crippen LogP contribution in [0.15, 0.2) is 0 Å². The van der Waals surface area contributed by atoms with E-state index in [1.807, 2.05) is 13.8 Å². The molecule has 0 aliphatic carbocycles. The summed E-state index contributed by atoms with van der Waals surface area (Å²) in [5.74, 6) is 1.39. The van der Waals surface area contributed by atoms with E-state index in [9.17, 15) is 0 Å². The third-order valence-electron chi connectivity index (χ3n) is 2.75. The molecule has 114 valence electrons. The number of rotatable bonds is 9. The first-order valence-corrected chi connectivity index (χ1v) is 6.98. The lowest BCUT2D eigenvalue weighted by Gasteiger charge is -2.22. The van der Waals surface area contributed by atoms with Gasteiger partial charge in [-0.1, -0.05) is 13.8 Å². The average Bonchev–Trinajstić information content (AvgIpc) is 2.43. The molecule has 7 heteroatoms. The highest BCUT2D eigenvalue weighted by atomic mass is 16.5. The zero-order valence-corrected chi connectivity index (χ0v) is 12.9. The number of nitrogens with zero attached hydrogens (tertiary/aromatic N) is 3. The first-order valence-electron chi connectivity index (χ1n) is 6.98. The molecule has 2 N–H and O–H groups in total. The van der Waals surface area contributed by atoms with E-state index in [2.05, 4.69) is 39.4 Å². The molecule has 0 aliphatic rings. The summed E-state index contributed by atoms with van der Waals surface area (Å²) in [6, 6.07) is 0.425. The van der Waals surface area contributed by atoms with Crippen LogP contribution >= 0.6 is 0 Å². The van der Waals surface area contributed by atoms with Crippen LogP contribution in [0.4, 0.5) is 11.9 Å². The molecule has 1 aromatic rings. The van der Waals surface area contributed by atoms with Crippen molar-refractivity contribution in [2.75, 3.05) is 37.5 Å². The zero-order valence-electron chi connectivity index (χ0n) is 12.9. The molecule has 7 nitrogen and oxygen atoms in total. The molecule has 1 atom stereocenters. The summed E-state index contributed by atoms with van der Waals surface area (Å²) >= 11 is 0. The van der Waals surface area contributed by atoms with Gasteiger partial charge in [-0.15, -0.1) is 0 Å². The lowest BCUT2D eigenvalue weighted by molar-refractivity contribution is 0.126. The zero-order chi connectivity index (χ0) is 15.0. The SMILES string of the molecule is CCNc1nc(NC(COCC)C(C)C)nc(OC)n1. The van der Waals surface area contributed by atoms with E-state index >= 15 is 0 Å². The smallest absolute Gasteiger partial charge is 0.322 e. The number of hydrogen-bond acceptors (Lipinski definition) is 7. The number of aromatic nitrogens is 3. The molecule has 0 bridgehead atoms. The van der Waals surface area contributed by atoms with Crippen molar-refractivity contribution in [2.24, 2.45) is 5.92 Å². The van der Waals surface area contributed by atoms with Gasteiger partial charge in [0.25, 0.3) is 0 Å². The Hall–Kier alpha value is -1.63. The molecule has 0 aliphatic heterocycles. The first kappa shape index (κ1) is 16.4. The highest BCUT2D eigenvalue weighted by Crippen LogP contribution is 2.14. The predicted octanol–water partition coefficient (Wildman–Crippen LogP) is 1.78. The van der Waals surface area contributed by atoms with E-state index in [0.29, 0.717) is 31.0 Å². The van der Waals surface area contributed by atoms with E-state index < -0.39 is 0 Å². The standard InChI is InChI=1S/C13H25N5O2/c1-6-14-11-16-12(18-13(17-11)19-5)15-10(9(3)4)8-20-7-2/h9-10H,6-8H2,1-5H3,(H2,14,15,16,17,18). The second-order valence-electron chi connectivity index (χ2n) is 4.65. The topological polar surface area (TPSA) is 81.2 Å². The number of anilines is 2. The summed E-state index contributed by atoms with van der Waals surface area (Å²) in [6.07, 6.45) is 0. The third-order valence-corrected chi connectivity index (χ3v) is 2.75. The second-order valence-corrected chi connectivity index (χ2v) is 4.65. The summed E-state index contributed by atoms with van der Waals surface area (Å²) in [4.78, 5) is 12.7. The van der Waals surface area contributed by atoms with Crippen LogP contribution in [0.1, 0.15) is 27.7 Å². The van der Waals surface area contributed by atoms with Gasteiger partial charge >= 0.3 is 6.01 Å².